The second kappa shape index (κ2) is 8.12. The third-order valence-corrected chi connectivity index (χ3v) is 6.63. The summed E-state index contributed by atoms with van der Waals surface area (Å²) in [6.45, 7) is 3.86. The molecule has 32 heavy (non-hydrogen) atoms. The summed E-state index contributed by atoms with van der Waals surface area (Å²) in [5.41, 5.74) is 8.09. The molecular weight excluding hydrogens is 392 g/mol. The van der Waals surface area contributed by atoms with E-state index in [1.54, 1.807) is 0 Å². The Kier molecular flexibility index (Phi) is 4.83. The smallest absolute Gasteiger partial charge is 0.110 e. The lowest BCUT2D eigenvalue weighted by atomic mass is 10.00. The first-order valence-electron chi connectivity index (χ1n) is 11.5. The molecule has 160 valence electrons. The summed E-state index contributed by atoms with van der Waals surface area (Å²) in [7, 11) is 0. The molecule has 0 saturated heterocycles. The molecule has 0 unspecified atom stereocenters. The van der Waals surface area contributed by atoms with Gasteiger partial charge in [-0.15, -0.1) is 0 Å². The van der Waals surface area contributed by atoms with Crippen LogP contribution in [0, 0.1) is 0 Å². The van der Waals surface area contributed by atoms with Gasteiger partial charge in [0.1, 0.15) is 13.3 Å². The second-order valence-electron chi connectivity index (χ2n) is 8.75. The van der Waals surface area contributed by atoms with Crippen molar-refractivity contribution in [3.8, 4) is 0 Å². The van der Waals surface area contributed by atoms with Crippen LogP contribution in [0.3, 0.4) is 0 Å². The zero-order valence-electron chi connectivity index (χ0n) is 18.3. The third-order valence-electron chi connectivity index (χ3n) is 6.63. The molecule has 0 fully saturated rings. The molecule has 0 atom stereocenters. The SMILES string of the molecule is C1=C2c3ccccc3C3=CN(CCc4ccccc4)CN3N2CN1CCc1ccccc1. The van der Waals surface area contributed by atoms with Gasteiger partial charge in [-0.2, -0.15) is 0 Å². The molecule has 3 aromatic carbocycles. The van der Waals surface area contributed by atoms with Gasteiger partial charge >= 0.3 is 0 Å². The minimum Gasteiger partial charge on any atom is -0.356 e. The van der Waals surface area contributed by atoms with Gasteiger partial charge < -0.3 is 9.80 Å². The van der Waals surface area contributed by atoms with Gasteiger partial charge in [-0.05, 0) is 24.0 Å². The van der Waals surface area contributed by atoms with E-state index >= 15 is 0 Å². The quantitative estimate of drug-likeness (QED) is 0.565. The molecule has 0 aromatic heterocycles. The van der Waals surface area contributed by atoms with Crippen molar-refractivity contribution in [1.82, 2.24) is 19.8 Å². The molecule has 0 saturated carbocycles. The van der Waals surface area contributed by atoms with Crippen molar-refractivity contribution in [3.63, 3.8) is 0 Å². The highest BCUT2D eigenvalue weighted by molar-refractivity contribution is 5.83. The Bertz CT molecular complexity index is 1060. The standard InChI is InChI=1S/C28H28N4/c1-3-9-23(10-4-1)15-17-29-19-27-25-13-7-8-14-26(25)28-20-30(22-32(28)31(27)21-29)18-16-24-11-5-2-6-12-24/h1-14,19-20H,15-18,21-22H2. The Morgan fingerprint density at radius 3 is 1.34 bits per heavy atom. The molecule has 3 aromatic rings. The van der Waals surface area contributed by atoms with Crippen molar-refractivity contribution < 1.29 is 0 Å². The maximum atomic E-state index is 2.46. The number of fused-ring (bicyclic) bond motifs is 6. The van der Waals surface area contributed by atoms with Crippen LogP contribution < -0.4 is 0 Å². The molecule has 4 heteroatoms. The molecular formula is C28H28N4. The molecule has 0 radical (unpaired) electrons. The predicted octanol–water partition coefficient (Wildman–Crippen LogP) is 4.85. The highest BCUT2D eigenvalue weighted by Gasteiger charge is 2.38. The number of hydrogen-bond donors (Lipinski definition) is 0. The lowest BCUT2D eigenvalue weighted by Gasteiger charge is -2.40. The number of hydrogen-bond acceptors (Lipinski definition) is 4. The molecule has 0 spiro atoms. The highest BCUT2D eigenvalue weighted by Crippen LogP contribution is 2.43. The zero-order chi connectivity index (χ0) is 21.3. The molecule has 0 aliphatic carbocycles. The van der Waals surface area contributed by atoms with E-state index in [1.807, 2.05) is 0 Å². The molecule has 3 aliphatic heterocycles. The first-order valence-corrected chi connectivity index (χ1v) is 11.5. The zero-order valence-corrected chi connectivity index (χ0v) is 18.3. The summed E-state index contributed by atoms with van der Waals surface area (Å²) in [6, 6.07) is 30.4. The van der Waals surface area contributed by atoms with Crippen molar-refractivity contribution in [2.45, 2.75) is 12.8 Å². The Balaban J connectivity index is 1.22. The summed E-state index contributed by atoms with van der Waals surface area (Å²) >= 11 is 0. The van der Waals surface area contributed by atoms with Gasteiger partial charge in [0.25, 0.3) is 0 Å². The van der Waals surface area contributed by atoms with E-state index in [4.69, 9.17) is 0 Å². The Morgan fingerprint density at radius 2 is 0.906 bits per heavy atom. The summed E-state index contributed by atoms with van der Waals surface area (Å²) in [6.07, 6.45) is 6.83. The number of rotatable bonds is 6. The van der Waals surface area contributed by atoms with Gasteiger partial charge in [0.2, 0.25) is 0 Å². The summed E-state index contributed by atoms with van der Waals surface area (Å²) < 4.78 is 0. The maximum absolute atomic E-state index is 2.46. The van der Waals surface area contributed by atoms with Crippen LogP contribution >= 0.6 is 0 Å². The van der Waals surface area contributed by atoms with E-state index in [1.165, 1.54) is 33.6 Å². The molecule has 0 bridgehead atoms. The van der Waals surface area contributed by atoms with Crippen molar-refractivity contribution in [2.75, 3.05) is 26.4 Å². The fourth-order valence-corrected chi connectivity index (χ4v) is 4.92. The molecule has 3 heterocycles. The molecule has 3 aliphatic rings. The van der Waals surface area contributed by atoms with Crippen LogP contribution in [-0.4, -0.2) is 46.2 Å². The van der Waals surface area contributed by atoms with Gasteiger partial charge in [0.05, 0.1) is 11.4 Å². The van der Waals surface area contributed by atoms with Crippen molar-refractivity contribution in [2.24, 2.45) is 0 Å². The molecule has 0 N–H and O–H groups in total. The van der Waals surface area contributed by atoms with Crippen LogP contribution in [0.1, 0.15) is 22.3 Å². The number of hydrazine groups is 1. The van der Waals surface area contributed by atoms with Crippen LogP contribution in [0.5, 0.6) is 0 Å². The van der Waals surface area contributed by atoms with E-state index in [0.29, 0.717) is 0 Å². The highest BCUT2D eigenvalue weighted by atomic mass is 15.7. The first kappa shape index (κ1) is 19.1. The van der Waals surface area contributed by atoms with Gasteiger partial charge in [-0.25, -0.2) is 0 Å². The largest absolute Gasteiger partial charge is 0.356 e. The first-order chi connectivity index (χ1) is 15.8. The Labute approximate surface area is 190 Å². The lowest BCUT2D eigenvalue weighted by Crippen LogP contribution is -2.44. The van der Waals surface area contributed by atoms with Gasteiger partial charge in [0.15, 0.2) is 0 Å². The fourth-order valence-electron chi connectivity index (χ4n) is 4.92. The van der Waals surface area contributed by atoms with Crippen LogP contribution in [0.2, 0.25) is 0 Å². The fraction of sp³-hybridized carbons (Fsp3) is 0.214. The lowest BCUT2D eigenvalue weighted by molar-refractivity contribution is 0.0516. The predicted molar refractivity (Wildman–Crippen MR) is 130 cm³/mol. The molecule has 4 nitrogen and oxygen atoms in total. The molecule has 0 amide bonds. The van der Waals surface area contributed by atoms with Crippen molar-refractivity contribution >= 4 is 11.4 Å². The Morgan fingerprint density at radius 1 is 0.500 bits per heavy atom. The van der Waals surface area contributed by atoms with Crippen LogP contribution in [0.15, 0.2) is 97.3 Å². The van der Waals surface area contributed by atoms with E-state index < -0.39 is 0 Å². The van der Waals surface area contributed by atoms with Crippen LogP contribution in [-0.2, 0) is 12.8 Å². The summed E-state index contributed by atoms with van der Waals surface area (Å²) in [5.74, 6) is 0. The van der Waals surface area contributed by atoms with Gasteiger partial charge in [0, 0.05) is 36.6 Å². The van der Waals surface area contributed by atoms with Gasteiger partial charge in [-0.3, -0.25) is 10.0 Å². The third kappa shape index (κ3) is 3.52. The van der Waals surface area contributed by atoms with E-state index in [-0.39, 0.29) is 0 Å². The number of nitrogens with zero attached hydrogens (tertiary/aromatic N) is 4. The normalized spacial score (nSPS) is 16.5. The summed E-state index contributed by atoms with van der Waals surface area (Å²) in [4.78, 5) is 4.91. The minimum absolute atomic E-state index is 0.903. The number of benzene rings is 3. The van der Waals surface area contributed by atoms with Gasteiger partial charge in [-0.1, -0.05) is 84.9 Å². The monoisotopic (exact) mass is 420 g/mol. The van der Waals surface area contributed by atoms with Crippen molar-refractivity contribution in [3.05, 3.63) is 120 Å². The van der Waals surface area contributed by atoms with E-state index in [2.05, 4.69) is 117 Å². The topological polar surface area (TPSA) is 13.0 Å². The van der Waals surface area contributed by atoms with Crippen molar-refractivity contribution in [1.29, 1.82) is 0 Å². The van der Waals surface area contributed by atoms with E-state index in [0.717, 1.165) is 39.3 Å². The second-order valence-corrected chi connectivity index (χ2v) is 8.75. The van der Waals surface area contributed by atoms with Crippen LogP contribution in [0.4, 0.5) is 0 Å². The Hall–Kier alpha value is -3.66. The average molecular weight is 421 g/mol. The minimum atomic E-state index is 0.903. The maximum Gasteiger partial charge on any atom is 0.110 e. The van der Waals surface area contributed by atoms with Crippen LogP contribution in [0.25, 0.3) is 11.4 Å². The average Bonchev–Trinajstić information content (AvgIpc) is 3.48. The van der Waals surface area contributed by atoms with E-state index in [9.17, 15) is 0 Å². The summed E-state index contributed by atoms with van der Waals surface area (Å²) in [5, 5.41) is 4.92. The molecule has 6 rings (SSSR count).